The maximum absolute atomic E-state index is 6.29. The Morgan fingerprint density at radius 2 is 2.00 bits per heavy atom. The summed E-state index contributed by atoms with van der Waals surface area (Å²) in [6.07, 6.45) is 5.82. The molecule has 110 valence electrons. The molecule has 0 N–H and O–H groups in total. The summed E-state index contributed by atoms with van der Waals surface area (Å²) in [7, 11) is 0. The Labute approximate surface area is 131 Å². The van der Waals surface area contributed by atoms with Gasteiger partial charge in [-0.25, -0.2) is 9.97 Å². The van der Waals surface area contributed by atoms with E-state index in [-0.39, 0.29) is 0 Å². The van der Waals surface area contributed by atoms with E-state index in [9.17, 15) is 0 Å². The van der Waals surface area contributed by atoms with Gasteiger partial charge in [-0.3, -0.25) is 0 Å². The van der Waals surface area contributed by atoms with Crippen molar-refractivity contribution < 1.29 is 0 Å². The Balaban J connectivity index is 1.96. The van der Waals surface area contributed by atoms with Crippen molar-refractivity contribution in [2.45, 2.75) is 39.2 Å². The van der Waals surface area contributed by atoms with Crippen LogP contribution in [0, 0.1) is 0 Å². The number of anilines is 1. The van der Waals surface area contributed by atoms with Crippen molar-refractivity contribution in [2.75, 3.05) is 11.4 Å². The predicted molar refractivity (Wildman–Crippen MR) is 86.9 cm³/mol. The maximum Gasteiger partial charge on any atom is 0.137 e. The zero-order valence-corrected chi connectivity index (χ0v) is 13.1. The van der Waals surface area contributed by atoms with Crippen LogP contribution in [0.2, 0.25) is 5.15 Å². The van der Waals surface area contributed by atoms with Gasteiger partial charge in [-0.15, -0.1) is 0 Å². The highest BCUT2D eigenvalue weighted by atomic mass is 35.5. The van der Waals surface area contributed by atoms with Crippen molar-refractivity contribution in [3.8, 4) is 0 Å². The number of hydrogen-bond donors (Lipinski definition) is 0. The zero-order valence-electron chi connectivity index (χ0n) is 12.3. The molecule has 1 aromatic carbocycles. The van der Waals surface area contributed by atoms with Crippen molar-refractivity contribution in [3.63, 3.8) is 0 Å². The fraction of sp³-hybridized carbons (Fsp3) is 0.412. The van der Waals surface area contributed by atoms with Crippen molar-refractivity contribution >= 4 is 17.4 Å². The van der Waals surface area contributed by atoms with Crippen LogP contribution in [0.25, 0.3) is 0 Å². The number of fused-ring (bicyclic) bond motifs is 1. The van der Waals surface area contributed by atoms with Crippen molar-refractivity contribution in [3.05, 3.63) is 52.4 Å². The normalized spacial score (nSPS) is 14.7. The number of benzene rings is 1. The number of aryl methyl sites for hydroxylation is 1. The van der Waals surface area contributed by atoms with Crippen molar-refractivity contribution in [2.24, 2.45) is 0 Å². The van der Waals surface area contributed by atoms with E-state index in [2.05, 4.69) is 46.1 Å². The van der Waals surface area contributed by atoms with E-state index in [4.69, 9.17) is 11.6 Å². The molecule has 21 heavy (non-hydrogen) atoms. The number of hydrogen-bond acceptors (Lipinski definition) is 3. The standard InChI is InChI=1S/C17H20ClN3/c1-2-6-15-16(18)19-12-20-17(15)21-10-5-9-13-7-3-4-8-14(13)11-21/h3-4,7-8,12H,2,5-6,9-11H2,1H3. The molecule has 0 saturated carbocycles. The Morgan fingerprint density at radius 3 is 2.81 bits per heavy atom. The first-order valence-corrected chi connectivity index (χ1v) is 7.98. The molecular formula is C17H20ClN3. The van der Waals surface area contributed by atoms with Gasteiger partial charge < -0.3 is 4.90 Å². The second kappa shape index (κ2) is 6.44. The van der Waals surface area contributed by atoms with Gasteiger partial charge in [0, 0.05) is 18.7 Å². The molecule has 0 atom stereocenters. The first-order valence-electron chi connectivity index (χ1n) is 7.60. The van der Waals surface area contributed by atoms with Gasteiger partial charge >= 0.3 is 0 Å². The summed E-state index contributed by atoms with van der Waals surface area (Å²) >= 11 is 6.29. The van der Waals surface area contributed by atoms with Gasteiger partial charge in [0.05, 0.1) is 0 Å². The lowest BCUT2D eigenvalue weighted by Crippen LogP contribution is -2.25. The Bertz CT molecular complexity index is 627. The quantitative estimate of drug-likeness (QED) is 0.801. The fourth-order valence-electron chi connectivity index (χ4n) is 3.00. The van der Waals surface area contributed by atoms with Crippen LogP contribution in [-0.4, -0.2) is 16.5 Å². The summed E-state index contributed by atoms with van der Waals surface area (Å²) in [5.41, 5.74) is 3.94. The molecule has 1 aromatic heterocycles. The zero-order chi connectivity index (χ0) is 14.7. The van der Waals surface area contributed by atoms with E-state index in [1.807, 2.05) is 0 Å². The molecule has 2 aromatic rings. The molecule has 0 aliphatic carbocycles. The van der Waals surface area contributed by atoms with Crippen LogP contribution >= 0.6 is 11.6 Å². The highest BCUT2D eigenvalue weighted by Crippen LogP contribution is 2.28. The second-order valence-corrected chi connectivity index (χ2v) is 5.87. The number of nitrogens with zero attached hydrogens (tertiary/aromatic N) is 3. The maximum atomic E-state index is 6.29. The lowest BCUT2D eigenvalue weighted by Gasteiger charge is -2.24. The predicted octanol–water partition coefficient (Wildman–Crippen LogP) is 4.04. The van der Waals surface area contributed by atoms with Crippen LogP contribution in [0.3, 0.4) is 0 Å². The van der Waals surface area contributed by atoms with Crippen LogP contribution in [0.4, 0.5) is 5.82 Å². The Morgan fingerprint density at radius 1 is 1.19 bits per heavy atom. The Kier molecular flexibility index (Phi) is 4.39. The first-order chi connectivity index (χ1) is 10.3. The van der Waals surface area contributed by atoms with Gasteiger partial charge in [0.25, 0.3) is 0 Å². The number of aromatic nitrogens is 2. The highest BCUT2D eigenvalue weighted by Gasteiger charge is 2.19. The highest BCUT2D eigenvalue weighted by molar-refractivity contribution is 6.30. The lowest BCUT2D eigenvalue weighted by molar-refractivity contribution is 0.741. The van der Waals surface area contributed by atoms with E-state index in [0.29, 0.717) is 5.15 Å². The largest absolute Gasteiger partial charge is 0.352 e. The number of halogens is 1. The molecule has 0 spiro atoms. The molecule has 1 aliphatic heterocycles. The molecule has 1 aliphatic rings. The van der Waals surface area contributed by atoms with Crippen LogP contribution in [0.15, 0.2) is 30.6 Å². The topological polar surface area (TPSA) is 29.0 Å². The molecule has 3 nitrogen and oxygen atoms in total. The molecule has 0 saturated heterocycles. The van der Waals surface area contributed by atoms with Gasteiger partial charge in [-0.1, -0.05) is 49.2 Å². The van der Waals surface area contributed by atoms with Crippen molar-refractivity contribution in [1.29, 1.82) is 0 Å². The summed E-state index contributed by atoms with van der Waals surface area (Å²) in [6.45, 7) is 4.07. The third kappa shape index (κ3) is 3.03. The van der Waals surface area contributed by atoms with Crippen LogP contribution in [0.1, 0.15) is 36.5 Å². The summed E-state index contributed by atoms with van der Waals surface area (Å²) in [4.78, 5) is 11.0. The minimum atomic E-state index is 0.597. The van der Waals surface area contributed by atoms with Gasteiger partial charge in [0.1, 0.15) is 17.3 Å². The summed E-state index contributed by atoms with van der Waals surface area (Å²) in [5.74, 6) is 1.01. The second-order valence-electron chi connectivity index (χ2n) is 5.51. The third-order valence-electron chi connectivity index (χ3n) is 4.02. The SMILES string of the molecule is CCCc1c(Cl)ncnc1N1CCCc2ccccc2C1. The van der Waals surface area contributed by atoms with E-state index in [1.165, 1.54) is 11.1 Å². The van der Waals surface area contributed by atoms with E-state index < -0.39 is 0 Å². The molecule has 2 heterocycles. The van der Waals surface area contributed by atoms with Crippen molar-refractivity contribution in [1.82, 2.24) is 9.97 Å². The number of rotatable bonds is 3. The molecule has 0 unspecified atom stereocenters. The van der Waals surface area contributed by atoms with E-state index in [0.717, 1.165) is 50.2 Å². The third-order valence-corrected chi connectivity index (χ3v) is 4.35. The average Bonchev–Trinajstić information content (AvgIpc) is 2.71. The van der Waals surface area contributed by atoms with Gasteiger partial charge in [0.15, 0.2) is 0 Å². The lowest BCUT2D eigenvalue weighted by atomic mass is 10.0. The minimum absolute atomic E-state index is 0.597. The monoisotopic (exact) mass is 301 g/mol. The molecule has 3 rings (SSSR count). The molecule has 0 bridgehead atoms. The summed E-state index contributed by atoms with van der Waals surface area (Å²) in [5, 5.41) is 0.597. The molecule has 4 heteroatoms. The van der Waals surface area contributed by atoms with E-state index in [1.54, 1.807) is 6.33 Å². The van der Waals surface area contributed by atoms with Crippen LogP contribution in [0.5, 0.6) is 0 Å². The molecule has 0 radical (unpaired) electrons. The fourth-order valence-corrected chi connectivity index (χ4v) is 3.22. The van der Waals surface area contributed by atoms with Crippen LogP contribution < -0.4 is 4.90 Å². The molecule has 0 fully saturated rings. The molecule has 0 amide bonds. The smallest absolute Gasteiger partial charge is 0.137 e. The minimum Gasteiger partial charge on any atom is -0.352 e. The van der Waals surface area contributed by atoms with Crippen LogP contribution in [-0.2, 0) is 19.4 Å². The van der Waals surface area contributed by atoms with Gasteiger partial charge in [-0.2, -0.15) is 0 Å². The van der Waals surface area contributed by atoms with E-state index >= 15 is 0 Å². The Hall–Kier alpha value is -1.61. The average molecular weight is 302 g/mol. The summed E-state index contributed by atoms with van der Waals surface area (Å²) in [6, 6.07) is 8.69. The van der Waals surface area contributed by atoms with Gasteiger partial charge in [0.2, 0.25) is 0 Å². The summed E-state index contributed by atoms with van der Waals surface area (Å²) < 4.78 is 0. The van der Waals surface area contributed by atoms with Gasteiger partial charge in [-0.05, 0) is 30.4 Å². The molecular weight excluding hydrogens is 282 g/mol. The first kappa shape index (κ1) is 14.3.